The number of hydrogen-bond donors (Lipinski definition) is 1. The molecule has 2 nitrogen and oxygen atoms in total. The lowest BCUT2D eigenvalue weighted by atomic mass is 10.0. The first kappa shape index (κ1) is 16.5. The molecule has 1 N–H and O–H groups in total. The van der Waals surface area contributed by atoms with Gasteiger partial charge in [-0.1, -0.05) is 37.6 Å². The molecular weight excluding hydrogens is 256 g/mol. The summed E-state index contributed by atoms with van der Waals surface area (Å²) in [5.74, 6) is 0. The van der Waals surface area contributed by atoms with Gasteiger partial charge in [0.25, 0.3) is 0 Å². The van der Waals surface area contributed by atoms with Crippen LogP contribution in [0, 0.1) is 0 Å². The van der Waals surface area contributed by atoms with Crippen LogP contribution in [-0.2, 0) is 0 Å². The molecule has 108 valence electrons. The average Bonchev–Trinajstić information content (AvgIpc) is 2.40. The van der Waals surface area contributed by atoms with Crippen LogP contribution in [-0.4, -0.2) is 31.6 Å². The van der Waals surface area contributed by atoms with Crippen molar-refractivity contribution in [3.63, 3.8) is 0 Å². The Bertz CT molecular complexity index is 337. The molecule has 0 saturated carbocycles. The predicted molar refractivity (Wildman–Crippen MR) is 84.9 cm³/mol. The van der Waals surface area contributed by atoms with Crippen molar-refractivity contribution < 1.29 is 0 Å². The summed E-state index contributed by atoms with van der Waals surface area (Å²) in [7, 11) is 2.20. The minimum absolute atomic E-state index is 0.427. The van der Waals surface area contributed by atoms with Gasteiger partial charge in [-0.2, -0.15) is 0 Å². The third-order valence-electron chi connectivity index (χ3n) is 3.32. The highest BCUT2D eigenvalue weighted by Crippen LogP contribution is 2.19. The van der Waals surface area contributed by atoms with Crippen LogP contribution in [0.15, 0.2) is 24.3 Å². The highest BCUT2D eigenvalue weighted by atomic mass is 35.5. The fourth-order valence-electron chi connectivity index (χ4n) is 2.24. The Hall–Kier alpha value is -0.570. The molecule has 1 atom stereocenters. The normalized spacial score (nSPS) is 12.9. The van der Waals surface area contributed by atoms with Gasteiger partial charge < -0.3 is 10.2 Å². The van der Waals surface area contributed by atoms with Gasteiger partial charge in [-0.15, -0.1) is 0 Å². The molecule has 0 aliphatic rings. The van der Waals surface area contributed by atoms with Crippen LogP contribution in [0.25, 0.3) is 0 Å². The second kappa shape index (κ2) is 9.35. The van der Waals surface area contributed by atoms with Gasteiger partial charge >= 0.3 is 0 Å². The second-order valence-electron chi connectivity index (χ2n) is 5.15. The molecule has 0 fully saturated rings. The monoisotopic (exact) mass is 282 g/mol. The van der Waals surface area contributed by atoms with E-state index < -0.39 is 0 Å². The third-order valence-corrected chi connectivity index (χ3v) is 3.57. The second-order valence-corrected chi connectivity index (χ2v) is 5.59. The summed E-state index contributed by atoms with van der Waals surface area (Å²) in [5, 5.41) is 4.44. The van der Waals surface area contributed by atoms with Gasteiger partial charge in [0.1, 0.15) is 0 Å². The molecule has 19 heavy (non-hydrogen) atoms. The number of hydrogen-bond acceptors (Lipinski definition) is 2. The highest BCUT2D eigenvalue weighted by Gasteiger charge is 2.11. The summed E-state index contributed by atoms with van der Waals surface area (Å²) in [6.07, 6.45) is 3.51. The van der Waals surface area contributed by atoms with Crippen molar-refractivity contribution in [2.75, 3.05) is 26.7 Å². The van der Waals surface area contributed by atoms with E-state index in [0.717, 1.165) is 31.0 Å². The van der Waals surface area contributed by atoms with Crippen LogP contribution in [0.1, 0.15) is 44.7 Å². The van der Waals surface area contributed by atoms with Crippen molar-refractivity contribution in [1.29, 1.82) is 0 Å². The van der Waals surface area contributed by atoms with E-state index in [1.54, 1.807) is 0 Å². The maximum absolute atomic E-state index is 5.96. The first-order valence-corrected chi connectivity index (χ1v) is 7.72. The van der Waals surface area contributed by atoms with E-state index in [2.05, 4.69) is 43.2 Å². The van der Waals surface area contributed by atoms with Crippen molar-refractivity contribution in [3.8, 4) is 0 Å². The van der Waals surface area contributed by atoms with E-state index in [9.17, 15) is 0 Å². The standard InChI is InChI=1S/C16H27ClN2/c1-4-11-18-16(10-13-19(3)12-5-2)14-6-8-15(17)9-7-14/h6-9,16,18H,4-5,10-13H2,1-3H3. The molecular formula is C16H27ClN2. The van der Waals surface area contributed by atoms with Gasteiger partial charge in [-0.25, -0.2) is 0 Å². The zero-order valence-electron chi connectivity index (χ0n) is 12.5. The van der Waals surface area contributed by atoms with E-state index in [4.69, 9.17) is 11.6 Å². The molecule has 0 saturated heterocycles. The van der Waals surface area contributed by atoms with Crippen LogP contribution in [0.5, 0.6) is 0 Å². The van der Waals surface area contributed by atoms with Gasteiger partial charge in [-0.05, 0) is 63.6 Å². The van der Waals surface area contributed by atoms with Crippen molar-refractivity contribution >= 4 is 11.6 Å². The van der Waals surface area contributed by atoms with E-state index in [0.29, 0.717) is 6.04 Å². The number of halogens is 1. The first-order chi connectivity index (χ1) is 9.17. The molecule has 1 unspecified atom stereocenters. The fourth-order valence-corrected chi connectivity index (χ4v) is 2.37. The zero-order chi connectivity index (χ0) is 14.1. The number of benzene rings is 1. The average molecular weight is 283 g/mol. The van der Waals surface area contributed by atoms with Gasteiger partial charge in [0, 0.05) is 11.1 Å². The number of nitrogens with zero attached hydrogens (tertiary/aromatic N) is 1. The Morgan fingerprint density at radius 3 is 2.37 bits per heavy atom. The Kier molecular flexibility index (Phi) is 8.11. The molecule has 0 heterocycles. The molecule has 0 bridgehead atoms. The highest BCUT2D eigenvalue weighted by molar-refractivity contribution is 6.30. The molecule has 0 aliphatic heterocycles. The van der Waals surface area contributed by atoms with Gasteiger partial charge in [0.05, 0.1) is 0 Å². The van der Waals surface area contributed by atoms with Crippen LogP contribution >= 0.6 is 11.6 Å². The number of nitrogens with one attached hydrogen (secondary N) is 1. The molecule has 0 amide bonds. The smallest absolute Gasteiger partial charge is 0.0406 e. The maximum Gasteiger partial charge on any atom is 0.0406 e. The molecule has 3 heteroatoms. The van der Waals surface area contributed by atoms with E-state index in [1.807, 2.05) is 12.1 Å². The van der Waals surface area contributed by atoms with Gasteiger partial charge in [-0.3, -0.25) is 0 Å². The fraction of sp³-hybridized carbons (Fsp3) is 0.625. The number of rotatable bonds is 9. The van der Waals surface area contributed by atoms with Crippen LogP contribution in [0.3, 0.4) is 0 Å². The lowest BCUT2D eigenvalue weighted by molar-refractivity contribution is 0.308. The van der Waals surface area contributed by atoms with Crippen LogP contribution in [0.4, 0.5) is 0 Å². The van der Waals surface area contributed by atoms with Crippen molar-refractivity contribution in [3.05, 3.63) is 34.9 Å². The summed E-state index contributed by atoms with van der Waals surface area (Å²) < 4.78 is 0. The largest absolute Gasteiger partial charge is 0.310 e. The molecule has 1 rings (SSSR count). The predicted octanol–water partition coefficient (Wildman–Crippen LogP) is 4.11. The summed E-state index contributed by atoms with van der Waals surface area (Å²) in [6.45, 7) is 7.78. The van der Waals surface area contributed by atoms with E-state index in [-0.39, 0.29) is 0 Å². The molecule has 1 aromatic carbocycles. The zero-order valence-corrected chi connectivity index (χ0v) is 13.2. The van der Waals surface area contributed by atoms with E-state index in [1.165, 1.54) is 18.5 Å². The topological polar surface area (TPSA) is 15.3 Å². The Balaban J connectivity index is 2.58. The summed E-state index contributed by atoms with van der Waals surface area (Å²) in [4.78, 5) is 2.40. The third kappa shape index (κ3) is 6.42. The lowest BCUT2D eigenvalue weighted by Crippen LogP contribution is -2.28. The summed E-state index contributed by atoms with van der Waals surface area (Å²) in [6, 6.07) is 8.66. The van der Waals surface area contributed by atoms with Crippen molar-refractivity contribution in [2.45, 2.75) is 39.2 Å². The minimum Gasteiger partial charge on any atom is -0.310 e. The molecule has 0 spiro atoms. The Morgan fingerprint density at radius 2 is 1.79 bits per heavy atom. The maximum atomic E-state index is 5.96. The van der Waals surface area contributed by atoms with Crippen molar-refractivity contribution in [2.24, 2.45) is 0 Å². The molecule has 0 aromatic heterocycles. The molecule has 0 aliphatic carbocycles. The lowest BCUT2D eigenvalue weighted by Gasteiger charge is -2.23. The molecule has 1 aromatic rings. The Morgan fingerprint density at radius 1 is 1.11 bits per heavy atom. The first-order valence-electron chi connectivity index (χ1n) is 7.34. The van der Waals surface area contributed by atoms with Crippen molar-refractivity contribution in [1.82, 2.24) is 10.2 Å². The SMILES string of the molecule is CCCNC(CCN(C)CCC)c1ccc(Cl)cc1. The van der Waals surface area contributed by atoms with Crippen LogP contribution in [0.2, 0.25) is 5.02 Å². The Labute approximate surface area is 123 Å². The molecule has 0 radical (unpaired) electrons. The quantitative estimate of drug-likeness (QED) is 0.733. The van der Waals surface area contributed by atoms with E-state index >= 15 is 0 Å². The summed E-state index contributed by atoms with van der Waals surface area (Å²) in [5.41, 5.74) is 1.34. The minimum atomic E-state index is 0.427. The van der Waals surface area contributed by atoms with Gasteiger partial charge in [0.2, 0.25) is 0 Å². The summed E-state index contributed by atoms with van der Waals surface area (Å²) >= 11 is 5.96. The van der Waals surface area contributed by atoms with Gasteiger partial charge in [0.15, 0.2) is 0 Å². The van der Waals surface area contributed by atoms with Crippen LogP contribution < -0.4 is 5.32 Å².